The third kappa shape index (κ3) is 4.68. The molecule has 188 valence electrons. The number of benzene rings is 1. The van der Waals surface area contributed by atoms with Gasteiger partial charge in [-0.1, -0.05) is 6.92 Å². The number of anilines is 1. The molecule has 1 aromatic carbocycles. The van der Waals surface area contributed by atoms with E-state index in [4.69, 9.17) is 14.2 Å². The molecule has 0 saturated carbocycles. The first-order valence-corrected chi connectivity index (χ1v) is 15.1. The molecule has 0 radical (unpaired) electrons. The molecule has 34 heavy (non-hydrogen) atoms. The number of hydrogen-bond acceptors (Lipinski definition) is 7. The monoisotopic (exact) mass is 492 g/mol. The fraction of sp³-hybridized carbons (Fsp3) is 0.667. The summed E-state index contributed by atoms with van der Waals surface area (Å²) in [6.07, 6.45) is 0.750. The van der Waals surface area contributed by atoms with Crippen molar-refractivity contribution in [1.82, 2.24) is 4.90 Å². The van der Waals surface area contributed by atoms with Crippen molar-refractivity contribution in [1.29, 1.82) is 0 Å². The third-order valence-electron chi connectivity index (χ3n) is 7.49. The summed E-state index contributed by atoms with van der Waals surface area (Å²) in [5, 5.41) is 9.66. The van der Waals surface area contributed by atoms with Crippen LogP contribution in [0.1, 0.15) is 37.9 Å². The summed E-state index contributed by atoms with van der Waals surface area (Å²) in [5.74, 6) is 0.452. The number of nitrogens with zero attached hydrogens (tertiary/aromatic N) is 2. The second kappa shape index (κ2) is 9.85. The minimum absolute atomic E-state index is 0.0430. The molecule has 4 rings (SSSR count). The van der Waals surface area contributed by atoms with Gasteiger partial charge < -0.3 is 29.0 Å². The van der Waals surface area contributed by atoms with Gasteiger partial charge in [-0.2, -0.15) is 0 Å². The zero-order chi connectivity index (χ0) is 24.6. The van der Waals surface area contributed by atoms with Crippen LogP contribution in [0.25, 0.3) is 0 Å². The van der Waals surface area contributed by atoms with E-state index in [-0.39, 0.29) is 48.6 Å². The van der Waals surface area contributed by atoms with E-state index in [9.17, 15) is 19.5 Å². The summed E-state index contributed by atoms with van der Waals surface area (Å²) in [7, 11) is -1.19. The lowest BCUT2D eigenvalue weighted by molar-refractivity contribution is -0.133. The number of carbonyl (C=O) groups is 2. The standard InChI is InChI=1S/C24H36N2O7Si/c1-15-22(31-2)18-12-16(26-10-11-32-24(26)29)7-8-19(18)33-23(15)20(34(3,4)30)13-21(28)25-9-5-6-17(25)14-27/h7-8,12,15,17,20,22-23,27,30H,5-6,9-11,13-14H2,1-4H3/t15-,17+,20?,22-,23-/m1/s1. The quantitative estimate of drug-likeness (QED) is 0.563. The zero-order valence-corrected chi connectivity index (χ0v) is 21.4. The van der Waals surface area contributed by atoms with Crippen molar-refractivity contribution in [2.75, 3.05) is 38.3 Å². The van der Waals surface area contributed by atoms with Crippen LogP contribution in [0, 0.1) is 5.92 Å². The van der Waals surface area contributed by atoms with Crippen LogP contribution >= 0.6 is 0 Å². The van der Waals surface area contributed by atoms with E-state index in [0.717, 1.165) is 24.1 Å². The molecule has 3 heterocycles. The highest BCUT2D eigenvalue weighted by molar-refractivity contribution is 6.71. The fourth-order valence-corrected chi connectivity index (χ4v) is 7.44. The van der Waals surface area contributed by atoms with E-state index in [1.54, 1.807) is 16.9 Å². The summed E-state index contributed by atoms with van der Waals surface area (Å²) < 4.78 is 17.4. The Hall–Kier alpha value is -2.14. The molecule has 2 amide bonds. The number of aliphatic hydroxyl groups excluding tert-OH is 1. The molecule has 3 aliphatic heterocycles. The Bertz CT molecular complexity index is 921. The van der Waals surface area contributed by atoms with Crippen LogP contribution in [0.5, 0.6) is 5.75 Å². The molecule has 1 aromatic rings. The number of hydrogen-bond donors (Lipinski definition) is 2. The predicted molar refractivity (Wildman–Crippen MR) is 128 cm³/mol. The first kappa shape index (κ1) is 25.0. The SMILES string of the molecule is CO[C@H]1c2cc(N3CCOC3=O)ccc2O[C@@H](C(CC(=O)N2CCC[C@H]2CO)[Si](C)(C)O)[C@@H]1C. The zero-order valence-electron chi connectivity index (χ0n) is 20.4. The Balaban J connectivity index is 1.61. The average Bonchev–Trinajstić information content (AvgIpc) is 3.45. The fourth-order valence-electron chi connectivity index (χ4n) is 5.59. The van der Waals surface area contributed by atoms with Crippen molar-refractivity contribution in [3.05, 3.63) is 23.8 Å². The topological polar surface area (TPSA) is 109 Å². The first-order chi connectivity index (χ1) is 16.2. The van der Waals surface area contributed by atoms with Crippen LogP contribution in [-0.4, -0.2) is 80.7 Å². The van der Waals surface area contributed by atoms with Gasteiger partial charge in [0, 0.05) is 42.8 Å². The number of cyclic esters (lactones) is 1. The smallest absolute Gasteiger partial charge is 0.414 e. The summed E-state index contributed by atoms with van der Waals surface area (Å²) in [6, 6.07) is 5.40. The number of rotatable bonds is 7. The van der Waals surface area contributed by atoms with Crippen LogP contribution in [-0.2, 0) is 14.3 Å². The van der Waals surface area contributed by atoms with Gasteiger partial charge in [0.15, 0.2) is 8.32 Å². The number of aliphatic hydroxyl groups is 1. The van der Waals surface area contributed by atoms with E-state index in [0.29, 0.717) is 25.4 Å². The summed E-state index contributed by atoms with van der Waals surface area (Å²) >= 11 is 0. The molecule has 1 unspecified atom stereocenters. The van der Waals surface area contributed by atoms with E-state index < -0.39 is 14.4 Å². The second-order valence-corrected chi connectivity index (χ2v) is 14.2. The van der Waals surface area contributed by atoms with Crippen LogP contribution in [0.2, 0.25) is 18.6 Å². The highest BCUT2D eigenvalue weighted by Crippen LogP contribution is 2.47. The lowest BCUT2D eigenvalue weighted by atomic mass is 9.86. The van der Waals surface area contributed by atoms with Crippen molar-refractivity contribution in [3.8, 4) is 5.75 Å². The largest absolute Gasteiger partial charge is 0.490 e. The van der Waals surface area contributed by atoms with Gasteiger partial charge in [0.25, 0.3) is 0 Å². The molecule has 3 aliphatic rings. The highest BCUT2D eigenvalue weighted by Gasteiger charge is 2.48. The number of fused-ring (bicyclic) bond motifs is 1. The van der Waals surface area contributed by atoms with Gasteiger partial charge in [-0.05, 0) is 44.1 Å². The molecule has 0 aliphatic carbocycles. The maximum Gasteiger partial charge on any atom is 0.414 e. The number of methoxy groups -OCH3 is 1. The molecule has 0 spiro atoms. The highest BCUT2D eigenvalue weighted by atomic mass is 28.4. The van der Waals surface area contributed by atoms with Crippen molar-refractivity contribution >= 4 is 26.0 Å². The van der Waals surface area contributed by atoms with Crippen LogP contribution in [0.4, 0.5) is 10.5 Å². The van der Waals surface area contributed by atoms with Gasteiger partial charge in [0.05, 0.1) is 25.3 Å². The molecule has 0 bridgehead atoms. The summed E-state index contributed by atoms with van der Waals surface area (Å²) in [5.41, 5.74) is 1.21. The van der Waals surface area contributed by atoms with Gasteiger partial charge in [0.2, 0.25) is 5.91 Å². The first-order valence-electron chi connectivity index (χ1n) is 12.1. The molecular weight excluding hydrogens is 456 g/mol. The van der Waals surface area contributed by atoms with Crippen LogP contribution < -0.4 is 9.64 Å². The van der Waals surface area contributed by atoms with Crippen molar-refractivity contribution in [3.63, 3.8) is 0 Å². The number of carbonyl (C=O) groups excluding carboxylic acids is 2. The minimum Gasteiger partial charge on any atom is -0.490 e. The molecule has 10 heteroatoms. The molecule has 2 N–H and O–H groups in total. The Kier molecular flexibility index (Phi) is 7.23. The Morgan fingerprint density at radius 3 is 2.71 bits per heavy atom. The van der Waals surface area contributed by atoms with Crippen LogP contribution in [0.15, 0.2) is 18.2 Å². The summed E-state index contributed by atoms with van der Waals surface area (Å²) in [6.45, 7) is 7.15. The van der Waals surface area contributed by atoms with Gasteiger partial charge in [0.1, 0.15) is 18.5 Å². The number of amides is 2. The van der Waals surface area contributed by atoms with E-state index in [1.807, 2.05) is 38.2 Å². The third-order valence-corrected chi connectivity index (χ3v) is 9.84. The Morgan fingerprint density at radius 1 is 1.32 bits per heavy atom. The van der Waals surface area contributed by atoms with Gasteiger partial charge >= 0.3 is 6.09 Å². The van der Waals surface area contributed by atoms with Crippen molar-refractivity contribution < 1.29 is 33.7 Å². The normalized spacial score (nSPS) is 27.9. The molecule has 9 nitrogen and oxygen atoms in total. The molecular formula is C24H36N2O7Si. The van der Waals surface area contributed by atoms with Gasteiger partial charge in [-0.15, -0.1) is 0 Å². The maximum absolute atomic E-state index is 13.2. The Labute approximate surface area is 201 Å². The molecule has 2 saturated heterocycles. The van der Waals surface area contributed by atoms with Gasteiger partial charge in [-0.25, -0.2) is 4.79 Å². The van der Waals surface area contributed by atoms with E-state index in [1.165, 1.54) is 0 Å². The minimum atomic E-state index is -2.83. The average molecular weight is 493 g/mol. The Morgan fingerprint density at radius 2 is 2.09 bits per heavy atom. The lowest BCUT2D eigenvalue weighted by Gasteiger charge is -2.44. The van der Waals surface area contributed by atoms with E-state index >= 15 is 0 Å². The molecule has 2 fully saturated rings. The second-order valence-electron chi connectivity index (χ2n) is 10.1. The lowest BCUT2D eigenvalue weighted by Crippen LogP contribution is -2.50. The van der Waals surface area contributed by atoms with Gasteiger partial charge in [-0.3, -0.25) is 9.69 Å². The molecule has 5 atom stereocenters. The van der Waals surface area contributed by atoms with Crippen molar-refractivity contribution in [2.24, 2.45) is 5.92 Å². The predicted octanol–water partition coefficient (Wildman–Crippen LogP) is 2.67. The van der Waals surface area contributed by atoms with E-state index in [2.05, 4.69) is 0 Å². The molecule has 0 aromatic heterocycles. The maximum atomic E-state index is 13.2. The number of ether oxygens (including phenoxy) is 3. The number of likely N-dealkylation sites (tertiary alicyclic amines) is 1. The summed E-state index contributed by atoms with van der Waals surface area (Å²) in [4.78, 5) is 39.8. The van der Waals surface area contributed by atoms with Crippen molar-refractivity contribution in [2.45, 2.75) is 63.1 Å². The van der Waals surface area contributed by atoms with Crippen LogP contribution in [0.3, 0.4) is 0 Å².